The average molecular weight is 333 g/mol. The van der Waals surface area contributed by atoms with Crippen molar-refractivity contribution in [2.75, 3.05) is 0 Å². The second-order valence-corrected chi connectivity index (χ2v) is 3.75. The minimum Gasteiger partial charge on any atom is -0.478 e. The number of halogens is 4. The van der Waals surface area contributed by atoms with Gasteiger partial charge in [-0.2, -0.15) is 0 Å². The maximum atomic E-state index is 12.3. The lowest BCUT2D eigenvalue weighted by molar-refractivity contribution is 0.0695. The van der Waals surface area contributed by atoms with Gasteiger partial charge in [-0.05, 0) is 22.6 Å². The molecule has 0 aliphatic rings. The summed E-state index contributed by atoms with van der Waals surface area (Å²) in [4.78, 5) is 13.9. The lowest BCUT2D eigenvalue weighted by atomic mass is 10.2. The molecule has 1 aromatic rings. The number of hydrogen-bond acceptors (Lipinski definition) is 2. The van der Waals surface area contributed by atoms with Crippen LogP contribution in [0.15, 0.2) is 6.20 Å². The van der Waals surface area contributed by atoms with Crippen LogP contribution in [-0.2, 0) is 0 Å². The van der Waals surface area contributed by atoms with Crippen molar-refractivity contribution >= 4 is 40.2 Å². The van der Waals surface area contributed by atoms with Gasteiger partial charge in [-0.15, -0.1) is 0 Å². The molecule has 0 atom stereocenters. The summed E-state index contributed by atoms with van der Waals surface area (Å²) in [5.74, 6) is -1.29. The molecule has 76 valence electrons. The number of carboxylic acids is 1. The lowest BCUT2D eigenvalue weighted by Crippen LogP contribution is -2.04. The van der Waals surface area contributed by atoms with E-state index in [0.717, 1.165) is 6.20 Å². The molecule has 1 N–H and O–H groups in total. The van der Waals surface area contributed by atoms with Crippen LogP contribution in [-0.4, -0.2) is 16.1 Å². The van der Waals surface area contributed by atoms with Gasteiger partial charge in [0.2, 0.25) is 0 Å². The predicted molar refractivity (Wildman–Crippen MR) is 53.9 cm³/mol. The van der Waals surface area contributed by atoms with Crippen molar-refractivity contribution in [3.63, 3.8) is 0 Å². The van der Waals surface area contributed by atoms with E-state index in [0.29, 0.717) is 0 Å². The Morgan fingerprint density at radius 3 is 2.64 bits per heavy atom. The van der Waals surface area contributed by atoms with E-state index in [9.17, 15) is 13.6 Å². The highest BCUT2D eigenvalue weighted by molar-refractivity contribution is 14.1. The Hall–Kier alpha value is -0.500. The third-order valence-electron chi connectivity index (χ3n) is 1.42. The standard InChI is InChI=1S/C7H3ClF2INO2/c8-3-2(7(13)14)1-12-5(4(3)11)6(9)10/h1,6H,(H,13,14). The summed E-state index contributed by atoms with van der Waals surface area (Å²) >= 11 is 7.12. The van der Waals surface area contributed by atoms with Crippen molar-refractivity contribution in [3.05, 3.63) is 26.0 Å². The molecule has 0 aromatic carbocycles. The lowest BCUT2D eigenvalue weighted by Gasteiger charge is -2.05. The van der Waals surface area contributed by atoms with Crippen LogP contribution in [0.2, 0.25) is 5.02 Å². The maximum Gasteiger partial charge on any atom is 0.338 e. The van der Waals surface area contributed by atoms with Gasteiger partial charge in [0.15, 0.2) is 0 Å². The molecule has 0 aliphatic carbocycles. The summed E-state index contributed by atoms with van der Waals surface area (Å²) in [6.07, 6.45) is -1.93. The number of aromatic carboxylic acids is 1. The first-order valence-electron chi connectivity index (χ1n) is 3.30. The molecule has 1 aromatic heterocycles. The molecule has 1 heterocycles. The molecule has 0 aliphatic heterocycles. The first-order valence-corrected chi connectivity index (χ1v) is 4.76. The van der Waals surface area contributed by atoms with Crippen LogP contribution < -0.4 is 0 Å². The second kappa shape index (κ2) is 4.35. The average Bonchev–Trinajstić information content (AvgIpc) is 2.08. The minimum atomic E-state index is -2.76. The summed E-state index contributed by atoms with van der Waals surface area (Å²) in [6.45, 7) is 0. The van der Waals surface area contributed by atoms with Crippen molar-refractivity contribution in [2.24, 2.45) is 0 Å². The topological polar surface area (TPSA) is 50.2 Å². The van der Waals surface area contributed by atoms with Crippen LogP contribution in [0.25, 0.3) is 0 Å². The smallest absolute Gasteiger partial charge is 0.338 e. The summed E-state index contributed by atoms with van der Waals surface area (Å²) in [5.41, 5.74) is -0.777. The molecule has 0 amide bonds. The van der Waals surface area contributed by atoms with Crippen LogP contribution in [0, 0.1) is 3.57 Å². The molecular formula is C7H3ClF2INO2. The number of carbonyl (C=O) groups is 1. The van der Waals surface area contributed by atoms with Crippen LogP contribution in [0.5, 0.6) is 0 Å². The third-order valence-corrected chi connectivity index (χ3v) is 3.23. The van der Waals surface area contributed by atoms with Gasteiger partial charge >= 0.3 is 5.97 Å². The monoisotopic (exact) mass is 333 g/mol. The summed E-state index contributed by atoms with van der Waals surface area (Å²) in [6, 6.07) is 0. The van der Waals surface area contributed by atoms with Crippen molar-refractivity contribution in [2.45, 2.75) is 6.43 Å². The SMILES string of the molecule is O=C(O)c1cnc(C(F)F)c(I)c1Cl. The van der Waals surface area contributed by atoms with Gasteiger partial charge in [0, 0.05) is 6.20 Å². The van der Waals surface area contributed by atoms with Crippen LogP contribution in [0.3, 0.4) is 0 Å². The quantitative estimate of drug-likeness (QED) is 0.847. The molecule has 0 saturated heterocycles. The molecule has 1 rings (SSSR count). The fraction of sp³-hybridized carbons (Fsp3) is 0.143. The van der Waals surface area contributed by atoms with E-state index < -0.39 is 18.1 Å². The van der Waals surface area contributed by atoms with E-state index in [4.69, 9.17) is 16.7 Å². The number of nitrogens with zero attached hydrogens (tertiary/aromatic N) is 1. The summed E-state index contributed by atoms with van der Waals surface area (Å²) < 4.78 is 24.5. The predicted octanol–water partition coefficient (Wildman–Crippen LogP) is 2.98. The third kappa shape index (κ3) is 2.11. The number of pyridine rings is 1. The first-order chi connectivity index (χ1) is 6.45. The van der Waals surface area contributed by atoms with E-state index in [2.05, 4.69) is 4.98 Å². The Balaban J connectivity index is 3.33. The Kier molecular flexibility index (Phi) is 3.59. The molecule has 14 heavy (non-hydrogen) atoms. The molecule has 0 radical (unpaired) electrons. The zero-order chi connectivity index (χ0) is 10.9. The van der Waals surface area contributed by atoms with E-state index >= 15 is 0 Å². The molecule has 0 bridgehead atoms. The molecule has 0 spiro atoms. The number of alkyl halides is 2. The van der Waals surface area contributed by atoms with Crippen molar-refractivity contribution in [3.8, 4) is 0 Å². The normalized spacial score (nSPS) is 10.6. The second-order valence-electron chi connectivity index (χ2n) is 2.29. The van der Waals surface area contributed by atoms with Gasteiger partial charge in [-0.1, -0.05) is 11.6 Å². The molecular weight excluding hydrogens is 330 g/mol. The number of aromatic nitrogens is 1. The van der Waals surface area contributed by atoms with Crippen LogP contribution in [0.1, 0.15) is 22.5 Å². The Labute approximate surface area is 96.2 Å². The highest BCUT2D eigenvalue weighted by Gasteiger charge is 2.20. The van der Waals surface area contributed by atoms with Crippen LogP contribution >= 0.6 is 34.2 Å². The zero-order valence-electron chi connectivity index (χ0n) is 6.47. The molecule has 7 heteroatoms. The molecule has 0 fully saturated rings. The number of rotatable bonds is 2. The summed E-state index contributed by atoms with van der Waals surface area (Å²) in [5, 5.41) is 8.40. The Bertz CT molecular complexity index is 386. The number of hydrogen-bond donors (Lipinski definition) is 1. The molecule has 3 nitrogen and oxygen atoms in total. The maximum absolute atomic E-state index is 12.3. The highest BCUT2D eigenvalue weighted by atomic mass is 127. The van der Waals surface area contributed by atoms with Crippen molar-refractivity contribution in [1.29, 1.82) is 0 Å². The first kappa shape index (κ1) is 11.6. The van der Waals surface area contributed by atoms with Gasteiger partial charge in [0.25, 0.3) is 6.43 Å². The molecule has 0 unspecified atom stereocenters. The van der Waals surface area contributed by atoms with Gasteiger partial charge in [0.1, 0.15) is 5.69 Å². The van der Waals surface area contributed by atoms with Crippen molar-refractivity contribution < 1.29 is 18.7 Å². The minimum absolute atomic E-state index is 0.0285. The van der Waals surface area contributed by atoms with Crippen molar-refractivity contribution in [1.82, 2.24) is 4.98 Å². The Morgan fingerprint density at radius 1 is 1.64 bits per heavy atom. The van der Waals surface area contributed by atoms with E-state index in [-0.39, 0.29) is 14.2 Å². The summed E-state index contributed by atoms with van der Waals surface area (Å²) in [7, 11) is 0. The molecule has 0 saturated carbocycles. The van der Waals surface area contributed by atoms with Gasteiger partial charge in [-0.3, -0.25) is 4.98 Å². The fourth-order valence-corrected chi connectivity index (χ4v) is 1.67. The number of carboxylic acid groups (broad SMARTS) is 1. The van der Waals surface area contributed by atoms with Gasteiger partial charge in [0.05, 0.1) is 14.2 Å². The largest absolute Gasteiger partial charge is 0.478 e. The highest BCUT2D eigenvalue weighted by Crippen LogP contribution is 2.30. The van der Waals surface area contributed by atoms with Gasteiger partial charge in [-0.25, -0.2) is 13.6 Å². The van der Waals surface area contributed by atoms with E-state index in [1.807, 2.05) is 0 Å². The van der Waals surface area contributed by atoms with E-state index in [1.54, 1.807) is 22.6 Å². The zero-order valence-corrected chi connectivity index (χ0v) is 9.38. The van der Waals surface area contributed by atoms with E-state index in [1.165, 1.54) is 0 Å². The van der Waals surface area contributed by atoms with Gasteiger partial charge < -0.3 is 5.11 Å². The Morgan fingerprint density at radius 2 is 2.21 bits per heavy atom. The fourth-order valence-electron chi connectivity index (χ4n) is 0.779. The van der Waals surface area contributed by atoms with Crippen LogP contribution in [0.4, 0.5) is 8.78 Å².